The van der Waals surface area contributed by atoms with E-state index in [1.54, 1.807) is 0 Å². The van der Waals surface area contributed by atoms with Crippen molar-refractivity contribution in [2.45, 2.75) is 126 Å². The summed E-state index contributed by atoms with van der Waals surface area (Å²) in [5.41, 5.74) is 5.01. The van der Waals surface area contributed by atoms with Crippen molar-refractivity contribution < 1.29 is 9.53 Å². The van der Waals surface area contributed by atoms with Crippen LogP contribution in [0.2, 0.25) is 0 Å². The molecule has 0 heterocycles. The van der Waals surface area contributed by atoms with Gasteiger partial charge in [-0.15, -0.1) is 0 Å². The summed E-state index contributed by atoms with van der Waals surface area (Å²) in [6, 6.07) is 8.16. The first-order chi connectivity index (χ1) is 20.9. The SMILES string of the molecule is C=C(C)C1CCC2(CN=O)CCC3(C)C(CCC4C5(C)CC=C(c6ccc(C(=O)OC(C)(C)C)cc6)C(C)(C)C5CCC43C)C12. The first-order valence-corrected chi connectivity index (χ1v) is 17.9. The Morgan fingerprint density at radius 1 is 0.911 bits per heavy atom. The second-order valence-corrected chi connectivity index (χ2v) is 18.5. The van der Waals surface area contributed by atoms with E-state index in [1.807, 2.05) is 32.9 Å². The molecule has 45 heavy (non-hydrogen) atoms. The number of allylic oxidation sites excluding steroid dienone is 3. The van der Waals surface area contributed by atoms with E-state index in [4.69, 9.17) is 4.74 Å². The largest absolute Gasteiger partial charge is 0.456 e. The van der Waals surface area contributed by atoms with Gasteiger partial charge in [-0.1, -0.05) is 70.2 Å². The average Bonchev–Trinajstić information content (AvgIpc) is 3.32. The Hall–Kier alpha value is -2.23. The molecule has 0 aromatic heterocycles. The number of nitroso groups, excluding NO2 is 1. The van der Waals surface area contributed by atoms with Crippen LogP contribution in [0.5, 0.6) is 0 Å². The predicted molar refractivity (Wildman–Crippen MR) is 185 cm³/mol. The fraction of sp³-hybridized carbons (Fsp3) is 0.732. The Morgan fingerprint density at radius 3 is 2.22 bits per heavy atom. The van der Waals surface area contributed by atoms with Crippen LogP contribution in [0.15, 0.2) is 47.7 Å². The number of esters is 1. The van der Waals surface area contributed by atoms with E-state index < -0.39 is 5.60 Å². The molecule has 4 saturated carbocycles. The smallest absolute Gasteiger partial charge is 0.338 e. The van der Waals surface area contributed by atoms with Crippen molar-refractivity contribution in [2.75, 3.05) is 6.54 Å². The van der Waals surface area contributed by atoms with Crippen LogP contribution in [0.25, 0.3) is 5.57 Å². The van der Waals surface area contributed by atoms with E-state index in [1.165, 1.54) is 55.2 Å². The summed E-state index contributed by atoms with van der Waals surface area (Å²) in [7, 11) is 0. The molecule has 0 amide bonds. The van der Waals surface area contributed by atoms with Gasteiger partial charge in [0.05, 0.1) is 12.1 Å². The summed E-state index contributed by atoms with van der Waals surface area (Å²) >= 11 is 0. The van der Waals surface area contributed by atoms with Crippen LogP contribution in [-0.4, -0.2) is 18.1 Å². The Balaban J connectivity index is 1.31. The third-order valence-corrected chi connectivity index (χ3v) is 15.0. The lowest BCUT2D eigenvalue weighted by Gasteiger charge is -2.72. The van der Waals surface area contributed by atoms with Gasteiger partial charge < -0.3 is 4.74 Å². The van der Waals surface area contributed by atoms with Crippen molar-refractivity contribution in [3.05, 3.63) is 58.5 Å². The summed E-state index contributed by atoms with van der Waals surface area (Å²) < 4.78 is 5.62. The molecule has 9 atom stereocenters. The molecule has 5 aliphatic carbocycles. The lowest BCUT2D eigenvalue weighted by Crippen LogP contribution is -2.65. The summed E-state index contributed by atoms with van der Waals surface area (Å²) in [4.78, 5) is 24.5. The monoisotopic (exact) mass is 613 g/mol. The highest BCUT2D eigenvalue weighted by molar-refractivity contribution is 5.90. The van der Waals surface area contributed by atoms with E-state index in [2.05, 4.69) is 71.5 Å². The number of rotatable bonds is 5. The van der Waals surface area contributed by atoms with Crippen LogP contribution < -0.4 is 0 Å². The molecule has 5 aliphatic rings. The summed E-state index contributed by atoms with van der Waals surface area (Å²) in [5, 5.41) is 3.58. The minimum atomic E-state index is -0.503. The fourth-order valence-electron chi connectivity index (χ4n) is 12.9. The molecular weight excluding hydrogens is 554 g/mol. The van der Waals surface area contributed by atoms with Crippen molar-refractivity contribution in [1.82, 2.24) is 0 Å². The van der Waals surface area contributed by atoms with Crippen LogP contribution >= 0.6 is 0 Å². The van der Waals surface area contributed by atoms with Crippen molar-refractivity contribution >= 4 is 11.5 Å². The maximum absolute atomic E-state index is 12.7. The van der Waals surface area contributed by atoms with Crippen LogP contribution in [0.4, 0.5) is 0 Å². The van der Waals surface area contributed by atoms with Gasteiger partial charge in [0.25, 0.3) is 0 Å². The molecule has 9 unspecified atom stereocenters. The lowest BCUT2D eigenvalue weighted by molar-refractivity contribution is -0.224. The minimum absolute atomic E-state index is 0.0351. The quantitative estimate of drug-likeness (QED) is 0.189. The summed E-state index contributed by atoms with van der Waals surface area (Å²) in [6.45, 7) is 25.9. The van der Waals surface area contributed by atoms with Gasteiger partial charge in [0.1, 0.15) is 5.60 Å². The van der Waals surface area contributed by atoms with E-state index in [0.717, 1.165) is 19.3 Å². The molecule has 4 nitrogen and oxygen atoms in total. The first-order valence-electron chi connectivity index (χ1n) is 17.9. The van der Waals surface area contributed by atoms with Crippen LogP contribution in [-0.2, 0) is 4.74 Å². The minimum Gasteiger partial charge on any atom is -0.456 e. The Bertz CT molecular complexity index is 1400. The molecule has 1 aromatic carbocycles. The molecule has 0 N–H and O–H groups in total. The fourth-order valence-corrected chi connectivity index (χ4v) is 12.9. The van der Waals surface area contributed by atoms with Gasteiger partial charge in [-0.2, -0.15) is 4.91 Å². The highest BCUT2D eigenvalue weighted by atomic mass is 16.6. The van der Waals surface area contributed by atoms with E-state index >= 15 is 0 Å². The third kappa shape index (κ3) is 4.76. The first kappa shape index (κ1) is 32.7. The zero-order chi connectivity index (χ0) is 32.8. The second-order valence-electron chi connectivity index (χ2n) is 18.5. The van der Waals surface area contributed by atoms with E-state index in [9.17, 15) is 9.70 Å². The highest BCUT2D eigenvalue weighted by Gasteiger charge is 2.70. The zero-order valence-corrected chi connectivity index (χ0v) is 29.7. The van der Waals surface area contributed by atoms with E-state index in [-0.39, 0.29) is 33.0 Å². The Kier molecular flexibility index (Phi) is 7.73. The molecule has 246 valence electrons. The van der Waals surface area contributed by atoms with Gasteiger partial charge in [0, 0.05) is 0 Å². The maximum Gasteiger partial charge on any atom is 0.338 e. The molecular formula is C41H59NO3. The van der Waals surface area contributed by atoms with Crippen LogP contribution in [0.3, 0.4) is 0 Å². The predicted octanol–water partition coefficient (Wildman–Crippen LogP) is 11.1. The van der Waals surface area contributed by atoms with Crippen molar-refractivity contribution in [3.63, 3.8) is 0 Å². The standard InChI is InChI=1S/C41H59NO3/c1-26(2)29-17-22-41(25-42-44)24-23-39(9)31(34(29)41)15-16-33-38(8)20-18-30(37(6,7)32(38)19-21-40(33,39)10)27-11-13-28(14-12-27)35(43)45-36(3,4)5/h11-14,18,29,31-34H,1,15-17,19-25H2,2-10H3. The van der Waals surface area contributed by atoms with Crippen molar-refractivity contribution in [2.24, 2.45) is 61.8 Å². The number of nitrogens with zero attached hydrogens (tertiary/aromatic N) is 1. The van der Waals surface area contributed by atoms with Gasteiger partial charge in [-0.05, 0) is 165 Å². The summed E-state index contributed by atoms with van der Waals surface area (Å²) in [5.74, 6) is 2.74. The molecule has 0 aliphatic heterocycles. The molecule has 0 spiro atoms. The summed E-state index contributed by atoms with van der Waals surface area (Å²) in [6.07, 6.45) is 13.5. The number of carbonyl (C=O) groups is 1. The van der Waals surface area contributed by atoms with E-state index in [0.29, 0.717) is 41.7 Å². The maximum atomic E-state index is 12.7. The normalized spacial score (nSPS) is 41.9. The number of benzene rings is 1. The molecule has 6 rings (SSSR count). The number of carbonyl (C=O) groups excluding carboxylic acids is 1. The van der Waals surface area contributed by atoms with Gasteiger partial charge in [-0.25, -0.2) is 4.79 Å². The average molecular weight is 614 g/mol. The molecule has 0 bridgehead atoms. The van der Waals surface area contributed by atoms with Crippen LogP contribution in [0.1, 0.15) is 136 Å². The Labute approximate surface area is 273 Å². The number of ether oxygens (including phenoxy) is 1. The second kappa shape index (κ2) is 10.6. The van der Waals surface area contributed by atoms with Gasteiger partial charge in [0.15, 0.2) is 0 Å². The lowest BCUT2D eigenvalue weighted by atomic mass is 9.32. The molecule has 4 fully saturated rings. The van der Waals surface area contributed by atoms with Gasteiger partial charge >= 0.3 is 5.97 Å². The third-order valence-electron chi connectivity index (χ3n) is 15.0. The number of hydrogen-bond donors (Lipinski definition) is 0. The zero-order valence-electron chi connectivity index (χ0n) is 29.7. The van der Waals surface area contributed by atoms with Crippen molar-refractivity contribution in [3.8, 4) is 0 Å². The number of fused-ring (bicyclic) bond motifs is 7. The van der Waals surface area contributed by atoms with Crippen molar-refractivity contribution in [1.29, 1.82) is 0 Å². The van der Waals surface area contributed by atoms with Crippen LogP contribution in [0, 0.1) is 61.6 Å². The molecule has 0 saturated heterocycles. The molecule has 0 radical (unpaired) electrons. The molecule has 4 heteroatoms. The van der Waals surface area contributed by atoms with Gasteiger partial charge in [0.2, 0.25) is 0 Å². The van der Waals surface area contributed by atoms with Gasteiger partial charge in [-0.3, -0.25) is 0 Å². The highest BCUT2D eigenvalue weighted by Crippen LogP contribution is 2.77. The molecule has 1 aromatic rings. The topological polar surface area (TPSA) is 55.7 Å². The Morgan fingerprint density at radius 2 is 1.60 bits per heavy atom. The number of hydrogen-bond acceptors (Lipinski definition) is 4.